The van der Waals surface area contributed by atoms with E-state index in [4.69, 9.17) is 0 Å². The van der Waals surface area contributed by atoms with E-state index in [1.165, 1.54) is 16.9 Å². The van der Waals surface area contributed by atoms with Crippen LogP contribution in [0.1, 0.15) is 36.0 Å². The number of rotatable bonds is 3. The highest BCUT2D eigenvalue weighted by Crippen LogP contribution is 2.38. The molecule has 0 aromatic carbocycles. The van der Waals surface area contributed by atoms with Crippen molar-refractivity contribution in [2.45, 2.75) is 39.0 Å². The summed E-state index contributed by atoms with van der Waals surface area (Å²) in [6.45, 7) is 2.27. The lowest BCUT2D eigenvalue weighted by molar-refractivity contribution is -0.305. The minimum atomic E-state index is -1.08. The summed E-state index contributed by atoms with van der Waals surface area (Å²) in [6, 6.07) is 0. The number of carboxylic acid groups (broad SMARTS) is 1. The maximum Gasteiger partial charge on any atom is 0.167 e. The molecule has 3 heterocycles. The van der Waals surface area contributed by atoms with Gasteiger partial charge in [0.25, 0.3) is 0 Å². The van der Waals surface area contributed by atoms with Crippen LogP contribution in [0.3, 0.4) is 0 Å². The van der Waals surface area contributed by atoms with Crippen LogP contribution in [0.2, 0.25) is 0 Å². The second kappa shape index (κ2) is 5.01. The minimum absolute atomic E-state index is 0.0633. The molecule has 0 fully saturated rings. The first-order valence-corrected chi connectivity index (χ1v) is 8.28. The van der Waals surface area contributed by atoms with Crippen LogP contribution in [0.4, 0.5) is 0 Å². The summed E-state index contributed by atoms with van der Waals surface area (Å²) in [4.78, 5) is 22.1. The largest absolute Gasteiger partial charge is 0.550 e. The Bertz CT molecular complexity index is 883. The van der Waals surface area contributed by atoms with Gasteiger partial charge in [0.1, 0.15) is 11.2 Å². The van der Waals surface area contributed by atoms with Gasteiger partial charge < -0.3 is 9.90 Å². The number of aromatic nitrogens is 4. The molecule has 0 bridgehead atoms. The molecule has 0 N–H and O–H groups in total. The van der Waals surface area contributed by atoms with Crippen molar-refractivity contribution in [1.82, 2.24) is 19.6 Å². The molecule has 114 valence electrons. The molecular formula is C15H15N4O2S-. The second-order valence-electron chi connectivity index (χ2n) is 5.94. The molecule has 0 aliphatic heterocycles. The Balaban J connectivity index is 1.86. The van der Waals surface area contributed by atoms with Gasteiger partial charge in [0.05, 0.1) is 5.39 Å². The zero-order chi connectivity index (χ0) is 15.3. The van der Waals surface area contributed by atoms with Crippen LogP contribution in [0.25, 0.3) is 15.9 Å². The Hall–Kier alpha value is -2.02. The smallest absolute Gasteiger partial charge is 0.167 e. The molecule has 1 atom stereocenters. The van der Waals surface area contributed by atoms with Gasteiger partial charge in [-0.1, -0.05) is 6.92 Å². The van der Waals surface area contributed by atoms with Gasteiger partial charge in [0, 0.05) is 17.3 Å². The average Bonchev–Trinajstić information content (AvgIpc) is 3.04. The van der Waals surface area contributed by atoms with Crippen molar-refractivity contribution in [3.8, 4) is 0 Å². The van der Waals surface area contributed by atoms with Gasteiger partial charge in [-0.3, -0.25) is 0 Å². The van der Waals surface area contributed by atoms with E-state index >= 15 is 0 Å². The van der Waals surface area contributed by atoms with Crippen molar-refractivity contribution < 1.29 is 9.90 Å². The average molecular weight is 315 g/mol. The lowest BCUT2D eigenvalue weighted by atomic mass is 9.89. The number of hydrogen-bond donors (Lipinski definition) is 0. The molecule has 0 unspecified atom stereocenters. The molecule has 1 aliphatic carbocycles. The van der Waals surface area contributed by atoms with Crippen molar-refractivity contribution >= 4 is 33.2 Å². The maximum atomic E-state index is 10.6. The van der Waals surface area contributed by atoms with Gasteiger partial charge in [-0.2, -0.15) is 0 Å². The Kier molecular flexibility index (Phi) is 3.11. The van der Waals surface area contributed by atoms with Gasteiger partial charge >= 0.3 is 0 Å². The summed E-state index contributed by atoms with van der Waals surface area (Å²) in [5.74, 6) is 0.122. The predicted molar refractivity (Wildman–Crippen MR) is 80.7 cm³/mol. The minimum Gasteiger partial charge on any atom is -0.550 e. The topological polar surface area (TPSA) is 83.2 Å². The van der Waals surface area contributed by atoms with Crippen LogP contribution >= 0.6 is 11.3 Å². The number of hydrogen-bond acceptors (Lipinski definition) is 6. The Morgan fingerprint density at radius 3 is 3.23 bits per heavy atom. The van der Waals surface area contributed by atoms with Gasteiger partial charge in [0.2, 0.25) is 0 Å². The molecule has 0 amide bonds. The number of nitrogens with zero attached hydrogens (tertiary/aromatic N) is 4. The third-order valence-corrected chi connectivity index (χ3v) is 5.42. The first kappa shape index (κ1) is 13.6. The molecule has 4 rings (SSSR count). The zero-order valence-electron chi connectivity index (χ0n) is 12.2. The summed E-state index contributed by atoms with van der Waals surface area (Å²) >= 11 is 1.75. The molecule has 22 heavy (non-hydrogen) atoms. The lowest BCUT2D eigenvalue weighted by Crippen LogP contribution is -2.22. The molecule has 7 heteroatoms. The highest BCUT2D eigenvalue weighted by molar-refractivity contribution is 7.19. The van der Waals surface area contributed by atoms with Crippen LogP contribution in [-0.2, 0) is 24.1 Å². The quantitative estimate of drug-likeness (QED) is 0.724. The van der Waals surface area contributed by atoms with Crippen molar-refractivity contribution in [2.24, 2.45) is 5.92 Å². The summed E-state index contributed by atoms with van der Waals surface area (Å²) in [6.07, 6.45) is 5.27. The normalized spacial score (nSPS) is 18.0. The predicted octanol–water partition coefficient (Wildman–Crippen LogP) is 1.15. The molecule has 0 radical (unpaired) electrons. The number of aryl methyl sites for hydroxylation is 2. The molecule has 1 aliphatic rings. The van der Waals surface area contributed by atoms with Gasteiger partial charge in [0.15, 0.2) is 11.5 Å². The Morgan fingerprint density at radius 1 is 1.55 bits per heavy atom. The third kappa shape index (κ3) is 2.16. The maximum absolute atomic E-state index is 10.6. The lowest BCUT2D eigenvalue weighted by Gasteiger charge is -2.17. The first-order chi connectivity index (χ1) is 10.6. The van der Waals surface area contributed by atoms with E-state index in [-0.39, 0.29) is 12.8 Å². The van der Waals surface area contributed by atoms with Crippen LogP contribution in [0, 0.1) is 5.92 Å². The molecular weight excluding hydrogens is 300 g/mol. The number of carboxylic acids is 1. The molecule has 0 spiro atoms. The fraction of sp³-hybridized carbons (Fsp3) is 0.467. The van der Waals surface area contributed by atoms with E-state index in [0.29, 0.717) is 11.7 Å². The van der Waals surface area contributed by atoms with E-state index < -0.39 is 5.97 Å². The number of aliphatic carboxylic acids is 1. The van der Waals surface area contributed by atoms with Crippen molar-refractivity contribution in [1.29, 1.82) is 0 Å². The van der Waals surface area contributed by atoms with E-state index in [1.54, 1.807) is 22.2 Å². The summed E-state index contributed by atoms with van der Waals surface area (Å²) in [7, 11) is 0. The molecule has 0 saturated heterocycles. The molecule has 0 saturated carbocycles. The zero-order valence-corrected chi connectivity index (χ0v) is 13.0. The number of thiophene rings is 1. The van der Waals surface area contributed by atoms with Crippen LogP contribution in [0.5, 0.6) is 0 Å². The van der Waals surface area contributed by atoms with Gasteiger partial charge in [-0.05, 0) is 37.2 Å². The van der Waals surface area contributed by atoms with Crippen LogP contribution < -0.4 is 5.11 Å². The third-order valence-electron chi connectivity index (χ3n) is 4.22. The standard InChI is InChI=1S/C15H16N4O2S/c1-8-2-3-10-9(6-8)13-14-17-11(4-5-12(20)21)18-19(14)7-16-15(13)22-10/h7-8H,2-6H2,1H3,(H,20,21)/p-1/t8-/m0/s1. The summed E-state index contributed by atoms with van der Waals surface area (Å²) < 4.78 is 1.67. The second-order valence-corrected chi connectivity index (χ2v) is 7.03. The van der Waals surface area contributed by atoms with Crippen molar-refractivity contribution in [3.63, 3.8) is 0 Å². The molecule has 3 aromatic rings. The Labute approximate surface area is 130 Å². The summed E-state index contributed by atoms with van der Waals surface area (Å²) in [5, 5.41) is 16.0. The van der Waals surface area contributed by atoms with E-state index in [1.807, 2.05) is 0 Å². The number of carbonyl (C=O) groups is 1. The fourth-order valence-corrected chi connectivity index (χ4v) is 4.29. The number of fused-ring (bicyclic) bond motifs is 5. The van der Waals surface area contributed by atoms with E-state index in [9.17, 15) is 9.90 Å². The molecule has 6 nitrogen and oxygen atoms in total. The summed E-state index contributed by atoms with van der Waals surface area (Å²) in [5.41, 5.74) is 2.15. The Morgan fingerprint density at radius 2 is 2.41 bits per heavy atom. The highest BCUT2D eigenvalue weighted by Gasteiger charge is 2.23. The van der Waals surface area contributed by atoms with E-state index in [2.05, 4.69) is 22.0 Å². The SMILES string of the molecule is C[C@H]1CCc2sc3ncn4nc(CCC(=O)[O-])nc4c3c2C1. The van der Waals surface area contributed by atoms with E-state index in [0.717, 1.165) is 28.7 Å². The van der Waals surface area contributed by atoms with Crippen molar-refractivity contribution in [2.75, 3.05) is 0 Å². The van der Waals surface area contributed by atoms with Crippen LogP contribution in [-0.4, -0.2) is 25.6 Å². The van der Waals surface area contributed by atoms with Gasteiger partial charge in [-0.25, -0.2) is 14.5 Å². The van der Waals surface area contributed by atoms with Crippen LogP contribution in [0.15, 0.2) is 6.33 Å². The van der Waals surface area contributed by atoms with Gasteiger partial charge in [-0.15, -0.1) is 16.4 Å². The molecule has 3 aromatic heterocycles. The fourth-order valence-electron chi connectivity index (χ4n) is 3.11. The van der Waals surface area contributed by atoms with Crippen molar-refractivity contribution in [3.05, 3.63) is 22.6 Å². The first-order valence-electron chi connectivity index (χ1n) is 7.46. The number of carbonyl (C=O) groups excluding carboxylic acids is 1. The highest BCUT2D eigenvalue weighted by atomic mass is 32.1. The monoisotopic (exact) mass is 315 g/mol.